The molecule has 1 aromatic carbocycles. The van der Waals surface area contributed by atoms with Crippen molar-refractivity contribution in [3.05, 3.63) is 36.0 Å². The first-order valence-electron chi connectivity index (χ1n) is 16.0. The molecule has 1 aliphatic heterocycles. The van der Waals surface area contributed by atoms with Gasteiger partial charge in [-0.1, -0.05) is 45.9 Å². The number of fused-ring (bicyclic) bond motifs is 1. The summed E-state index contributed by atoms with van der Waals surface area (Å²) in [5.74, 6) is -5.79. The number of aromatic amines is 1. The zero-order chi connectivity index (χ0) is 35.5. The summed E-state index contributed by atoms with van der Waals surface area (Å²) in [5.41, 5.74) is 12.3. The van der Waals surface area contributed by atoms with Crippen molar-refractivity contribution < 1.29 is 33.9 Å². The molecule has 1 aliphatic rings. The number of aromatic nitrogens is 1. The number of nitrogens with two attached hydrogens (primary N) is 2. The zero-order valence-corrected chi connectivity index (χ0v) is 27.7. The van der Waals surface area contributed by atoms with Crippen molar-refractivity contribution in [2.24, 2.45) is 28.3 Å². The van der Waals surface area contributed by atoms with Gasteiger partial charge in [0, 0.05) is 30.1 Å². The van der Waals surface area contributed by atoms with E-state index in [4.69, 9.17) is 11.5 Å². The number of nitrogens with one attached hydrogen (secondary N) is 6. The smallest absolute Gasteiger partial charge is 0.305 e. The van der Waals surface area contributed by atoms with Crippen molar-refractivity contribution in [2.45, 2.75) is 90.0 Å². The second-order valence-electron chi connectivity index (χ2n) is 12.7. The molecule has 16 heteroatoms. The minimum Gasteiger partial charge on any atom is -0.481 e. The minimum atomic E-state index is -1.61. The summed E-state index contributed by atoms with van der Waals surface area (Å²) < 4.78 is 0. The highest BCUT2D eigenvalue weighted by Gasteiger charge is 2.36. The maximum Gasteiger partial charge on any atom is 0.305 e. The molecule has 1 saturated heterocycles. The Morgan fingerprint density at radius 3 is 2.04 bits per heavy atom. The Kier molecular flexibility index (Phi) is 13.3. The van der Waals surface area contributed by atoms with E-state index in [2.05, 4.69) is 36.6 Å². The van der Waals surface area contributed by atoms with Gasteiger partial charge in [0.05, 0.1) is 6.42 Å². The van der Waals surface area contributed by atoms with Crippen LogP contribution in [0.2, 0.25) is 0 Å². The SMILES string of the molecule is CC(C)C[C@@H]1NC(=O)[C@@H](C(C)C)NC(=O)[C@H](CCCN=C(N)N)NC(=O)[C@@H](CC(=O)O)NC(=O)[C@@H](Cc2c[nH]c3ccccc23)NC1=O. The van der Waals surface area contributed by atoms with Crippen LogP contribution in [0, 0.1) is 11.8 Å². The number of benzene rings is 1. The van der Waals surface area contributed by atoms with Crippen molar-refractivity contribution in [1.29, 1.82) is 0 Å². The molecule has 2 heterocycles. The number of aliphatic imine (C=N–C) groups is 1. The summed E-state index contributed by atoms with van der Waals surface area (Å²) in [6.07, 6.45) is 1.35. The van der Waals surface area contributed by atoms with E-state index < -0.39 is 78.1 Å². The number of carbonyl (C=O) groups is 6. The van der Waals surface area contributed by atoms with Crippen LogP contribution in [0.1, 0.15) is 58.9 Å². The molecule has 48 heavy (non-hydrogen) atoms. The molecule has 2 aromatic rings. The van der Waals surface area contributed by atoms with E-state index in [1.807, 2.05) is 38.1 Å². The van der Waals surface area contributed by atoms with Gasteiger partial charge in [0.15, 0.2) is 5.96 Å². The first kappa shape index (κ1) is 37.3. The fourth-order valence-electron chi connectivity index (χ4n) is 5.46. The Balaban J connectivity index is 2.07. The normalized spacial score (nSPS) is 23.0. The predicted molar refractivity (Wildman–Crippen MR) is 178 cm³/mol. The van der Waals surface area contributed by atoms with E-state index in [-0.39, 0.29) is 44.1 Å². The van der Waals surface area contributed by atoms with Crippen molar-refractivity contribution in [1.82, 2.24) is 31.6 Å². The maximum absolute atomic E-state index is 13.8. The highest BCUT2D eigenvalue weighted by Crippen LogP contribution is 2.20. The molecule has 1 aromatic heterocycles. The summed E-state index contributed by atoms with van der Waals surface area (Å²) in [5, 5.41) is 23.6. The quantitative estimate of drug-likeness (QED) is 0.0837. The lowest BCUT2D eigenvalue weighted by atomic mass is 9.98. The van der Waals surface area contributed by atoms with Crippen LogP contribution in [0.15, 0.2) is 35.5 Å². The lowest BCUT2D eigenvalue weighted by molar-refractivity contribution is -0.141. The number of para-hydroxylation sites is 1. The summed E-state index contributed by atoms with van der Waals surface area (Å²) in [6, 6.07) is 1.06. The van der Waals surface area contributed by atoms with Gasteiger partial charge in [0.25, 0.3) is 0 Å². The highest BCUT2D eigenvalue weighted by molar-refractivity contribution is 5.99. The van der Waals surface area contributed by atoms with Crippen LogP contribution in [0.4, 0.5) is 0 Å². The lowest BCUT2D eigenvalue weighted by Crippen LogP contribution is -2.59. The van der Waals surface area contributed by atoms with Crippen molar-refractivity contribution in [2.75, 3.05) is 6.54 Å². The number of hydrogen-bond acceptors (Lipinski definition) is 7. The van der Waals surface area contributed by atoms with Crippen molar-refractivity contribution >= 4 is 52.4 Å². The molecular formula is C32H47N9O7. The van der Waals surface area contributed by atoms with Crippen molar-refractivity contribution in [3.63, 3.8) is 0 Å². The van der Waals surface area contributed by atoms with Crippen LogP contribution >= 0.6 is 0 Å². The van der Waals surface area contributed by atoms with Gasteiger partial charge in [-0.05, 0) is 42.7 Å². The van der Waals surface area contributed by atoms with Gasteiger partial charge in [0.1, 0.15) is 30.2 Å². The molecule has 3 rings (SSSR count). The third-order valence-electron chi connectivity index (χ3n) is 7.91. The molecule has 0 radical (unpaired) electrons. The number of carbonyl (C=O) groups excluding carboxylic acids is 5. The molecule has 0 aliphatic carbocycles. The van der Waals surface area contributed by atoms with Gasteiger partial charge < -0.3 is 48.1 Å². The monoisotopic (exact) mass is 669 g/mol. The number of H-pyrrole nitrogens is 1. The third kappa shape index (κ3) is 10.7. The van der Waals surface area contributed by atoms with E-state index in [0.717, 1.165) is 10.9 Å². The summed E-state index contributed by atoms with van der Waals surface area (Å²) in [7, 11) is 0. The average Bonchev–Trinajstić information content (AvgIpc) is 3.41. The number of amides is 5. The summed E-state index contributed by atoms with van der Waals surface area (Å²) in [6.45, 7) is 7.29. The molecule has 262 valence electrons. The fourth-order valence-corrected chi connectivity index (χ4v) is 5.46. The Labute approximate surface area is 278 Å². The molecule has 0 bridgehead atoms. The van der Waals surface area contributed by atoms with Crippen LogP contribution in [0.25, 0.3) is 10.9 Å². The lowest BCUT2D eigenvalue weighted by Gasteiger charge is -2.28. The number of hydrogen-bond donors (Lipinski definition) is 9. The molecule has 0 spiro atoms. The predicted octanol–water partition coefficient (Wildman–Crippen LogP) is -0.622. The molecule has 5 amide bonds. The molecule has 5 atom stereocenters. The molecule has 0 saturated carbocycles. The Hall–Kier alpha value is -5.15. The number of rotatable bonds is 11. The van der Waals surface area contributed by atoms with Gasteiger partial charge in [-0.3, -0.25) is 33.8 Å². The van der Waals surface area contributed by atoms with Crippen molar-refractivity contribution in [3.8, 4) is 0 Å². The Morgan fingerprint density at radius 1 is 0.812 bits per heavy atom. The first-order chi connectivity index (χ1) is 22.7. The highest BCUT2D eigenvalue weighted by atomic mass is 16.4. The van der Waals surface area contributed by atoms with Gasteiger partial charge in [-0.15, -0.1) is 0 Å². The Bertz CT molecular complexity index is 1520. The molecular weight excluding hydrogens is 622 g/mol. The van der Waals surface area contributed by atoms with Crippen LogP contribution in [0.3, 0.4) is 0 Å². The average molecular weight is 670 g/mol. The maximum atomic E-state index is 13.8. The van der Waals surface area contributed by atoms with Crippen LogP contribution < -0.4 is 38.1 Å². The number of carboxylic acids is 1. The molecule has 11 N–H and O–H groups in total. The first-order valence-corrected chi connectivity index (χ1v) is 16.0. The number of carboxylic acid groups (broad SMARTS) is 1. The van der Waals surface area contributed by atoms with Crippen LogP contribution in [-0.2, 0) is 35.2 Å². The largest absolute Gasteiger partial charge is 0.481 e. The second-order valence-corrected chi connectivity index (χ2v) is 12.7. The summed E-state index contributed by atoms with van der Waals surface area (Å²) >= 11 is 0. The Morgan fingerprint density at radius 2 is 1.40 bits per heavy atom. The van der Waals surface area contributed by atoms with Crippen LogP contribution in [0.5, 0.6) is 0 Å². The van der Waals surface area contributed by atoms with Gasteiger partial charge in [-0.25, -0.2) is 0 Å². The summed E-state index contributed by atoms with van der Waals surface area (Å²) in [4.78, 5) is 87.2. The van der Waals surface area contributed by atoms with E-state index in [0.29, 0.717) is 5.56 Å². The second kappa shape index (κ2) is 17.1. The van der Waals surface area contributed by atoms with Gasteiger partial charge >= 0.3 is 5.97 Å². The van der Waals surface area contributed by atoms with E-state index in [9.17, 15) is 33.9 Å². The fraction of sp³-hybridized carbons (Fsp3) is 0.531. The van der Waals surface area contributed by atoms with Gasteiger partial charge in [-0.2, -0.15) is 0 Å². The molecule has 1 fully saturated rings. The standard InChI is InChI=1S/C32H47N9O7/c1-16(2)12-22-28(45)38-23(13-18-15-36-20-9-6-5-8-19(18)20)29(46)39-24(14-25(42)43)30(47)37-21(10-7-11-35-32(33)34)27(44)41-26(17(3)4)31(48)40-22/h5-6,8-9,15-17,21-24,26,36H,7,10-14H2,1-4H3,(H,37,47)(H,38,45)(H,39,46)(H,40,48)(H,41,44)(H,42,43)(H4,33,34,35)/t21-,22-,23+,24+,26+/m0/s1. The van der Waals surface area contributed by atoms with E-state index in [1.54, 1.807) is 20.0 Å². The minimum absolute atomic E-state index is 0.0204. The number of aliphatic carboxylic acids is 1. The molecule has 16 nitrogen and oxygen atoms in total. The zero-order valence-electron chi connectivity index (χ0n) is 27.7. The topological polar surface area (TPSA) is 263 Å². The molecule has 0 unspecified atom stereocenters. The van der Waals surface area contributed by atoms with Crippen LogP contribution in [-0.4, -0.2) is 88.3 Å². The third-order valence-corrected chi connectivity index (χ3v) is 7.91. The van der Waals surface area contributed by atoms with Gasteiger partial charge in [0.2, 0.25) is 29.5 Å². The number of guanidine groups is 1. The van der Waals surface area contributed by atoms with E-state index >= 15 is 0 Å². The number of nitrogens with zero attached hydrogens (tertiary/aromatic N) is 1. The van der Waals surface area contributed by atoms with E-state index in [1.165, 1.54) is 0 Å².